The number of aromatic nitrogens is 1. The van der Waals surface area contributed by atoms with E-state index in [1.807, 2.05) is 13.8 Å². The average Bonchev–Trinajstić information content (AvgIpc) is 3.43. The van der Waals surface area contributed by atoms with Gasteiger partial charge in [0.15, 0.2) is 11.6 Å². The number of hydrogen-bond donors (Lipinski definition) is 3. The molecule has 1 aromatic heterocycles. The van der Waals surface area contributed by atoms with E-state index >= 15 is 8.78 Å². The van der Waals surface area contributed by atoms with E-state index in [2.05, 4.69) is 5.32 Å². The lowest BCUT2D eigenvalue weighted by molar-refractivity contribution is 0.0695. The highest BCUT2D eigenvalue weighted by Crippen LogP contribution is 2.42. The second-order valence-corrected chi connectivity index (χ2v) is 8.13. The smallest absolute Gasteiger partial charge is 0.341 e. The summed E-state index contributed by atoms with van der Waals surface area (Å²) < 4.78 is 32.4. The van der Waals surface area contributed by atoms with Crippen LogP contribution in [0.15, 0.2) is 11.0 Å². The van der Waals surface area contributed by atoms with Gasteiger partial charge in [-0.25, -0.2) is 13.6 Å². The van der Waals surface area contributed by atoms with Gasteiger partial charge < -0.3 is 20.7 Å². The van der Waals surface area contributed by atoms with Gasteiger partial charge in [0.25, 0.3) is 0 Å². The molecule has 0 bridgehead atoms. The van der Waals surface area contributed by atoms with Gasteiger partial charge in [0, 0.05) is 29.9 Å². The van der Waals surface area contributed by atoms with Crippen LogP contribution in [0.3, 0.4) is 0 Å². The van der Waals surface area contributed by atoms with Crippen molar-refractivity contribution in [1.29, 1.82) is 0 Å². The Kier molecular flexibility index (Phi) is 4.41. The fourth-order valence-corrected chi connectivity index (χ4v) is 4.54. The Labute approximate surface area is 160 Å². The molecule has 1 aliphatic heterocycles. The maximum absolute atomic E-state index is 15.7. The molecule has 0 radical (unpaired) electrons. The summed E-state index contributed by atoms with van der Waals surface area (Å²) in [5, 5.41) is 12.3. The number of carbonyl (C=O) groups is 1. The predicted octanol–water partition coefficient (Wildman–Crippen LogP) is 3.14. The molecule has 2 heterocycles. The molecule has 4 N–H and O–H groups in total. The van der Waals surface area contributed by atoms with E-state index in [1.165, 1.54) is 10.8 Å². The van der Waals surface area contributed by atoms with E-state index in [-0.39, 0.29) is 40.5 Å². The molecule has 0 amide bonds. The molecule has 3 atom stereocenters. The average molecular weight is 391 g/mol. The number of piperidine rings is 1. The highest BCUT2D eigenvalue weighted by Gasteiger charge is 2.35. The number of rotatable bonds is 3. The van der Waals surface area contributed by atoms with Crippen molar-refractivity contribution in [2.24, 2.45) is 0 Å². The third-order valence-electron chi connectivity index (χ3n) is 5.85. The lowest BCUT2D eigenvalue weighted by atomic mass is 9.82. The number of aromatic carboxylic acids is 1. The van der Waals surface area contributed by atoms with Crippen LogP contribution in [-0.2, 0) is 0 Å². The predicted molar refractivity (Wildman–Crippen MR) is 102 cm³/mol. The third kappa shape index (κ3) is 2.87. The minimum Gasteiger partial charge on any atom is -0.477 e. The van der Waals surface area contributed by atoms with Gasteiger partial charge in [0.2, 0.25) is 5.43 Å². The highest BCUT2D eigenvalue weighted by atomic mass is 19.1. The van der Waals surface area contributed by atoms with Crippen molar-refractivity contribution in [2.75, 3.05) is 5.73 Å². The Balaban J connectivity index is 2.05. The molecule has 2 aliphatic rings. The van der Waals surface area contributed by atoms with E-state index in [4.69, 9.17) is 5.73 Å². The van der Waals surface area contributed by atoms with Crippen molar-refractivity contribution < 1.29 is 18.7 Å². The first-order valence-corrected chi connectivity index (χ1v) is 9.55. The zero-order chi connectivity index (χ0) is 20.3. The quantitative estimate of drug-likeness (QED) is 0.699. The number of fused-ring (bicyclic) bond motifs is 1. The van der Waals surface area contributed by atoms with Gasteiger partial charge in [0.05, 0.1) is 16.6 Å². The van der Waals surface area contributed by atoms with Crippen LogP contribution in [0.1, 0.15) is 67.4 Å². The molecule has 1 unspecified atom stereocenters. The molecule has 2 aromatic rings. The Hall–Kier alpha value is -2.48. The molecule has 2 fully saturated rings. The van der Waals surface area contributed by atoms with E-state index in [0.717, 1.165) is 12.8 Å². The molecular weight excluding hydrogens is 368 g/mol. The van der Waals surface area contributed by atoms with Gasteiger partial charge in [-0.15, -0.1) is 0 Å². The van der Waals surface area contributed by atoms with Crippen molar-refractivity contribution in [2.45, 2.75) is 63.6 Å². The number of nitrogens with one attached hydrogen (secondary N) is 1. The summed E-state index contributed by atoms with van der Waals surface area (Å²) in [5.74, 6) is -3.56. The molecule has 150 valence electrons. The number of carboxylic acids is 1. The topological polar surface area (TPSA) is 97.3 Å². The Morgan fingerprint density at radius 1 is 1.21 bits per heavy atom. The molecule has 0 spiro atoms. The number of pyridine rings is 1. The summed E-state index contributed by atoms with van der Waals surface area (Å²) in [6.07, 6.45) is 3.74. The van der Waals surface area contributed by atoms with Crippen LogP contribution in [0.2, 0.25) is 0 Å². The standard InChI is InChI=1S/C20H23F2N3O3/c1-8-5-10(6-9(2)24-8)13-15(21)17(23)14-18(16(13)22)25(11-3-4-11)7-12(19(14)26)20(27)28/h7-11,24H,3-6,23H2,1-2H3,(H,27,28)/t8-,9+,10?. The SMILES string of the molecule is C[C@@H]1CC(c2c(F)c(N)c3c(=O)c(C(=O)O)cn(C4CC4)c3c2F)C[C@H](C)N1. The number of anilines is 1. The first-order valence-electron chi connectivity index (χ1n) is 9.55. The zero-order valence-electron chi connectivity index (χ0n) is 15.8. The maximum Gasteiger partial charge on any atom is 0.341 e. The Bertz CT molecular complexity index is 1040. The van der Waals surface area contributed by atoms with Crippen molar-refractivity contribution >= 4 is 22.6 Å². The summed E-state index contributed by atoms with van der Waals surface area (Å²) in [6, 6.07) is 0.0632. The van der Waals surface area contributed by atoms with Crippen molar-refractivity contribution in [3.8, 4) is 0 Å². The first-order chi connectivity index (χ1) is 13.2. The molecule has 6 nitrogen and oxygen atoms in total. The van der Waals surface area contributed by atoms with Crippen LogP contribution in [0, 0.1) is 11.6 Å². The number of nitrogens with two attached hydrogens (primary N) is 1. The van der Waals surface area contributed by atoms with Crippen LogP contribution in [-0.4, -0.2) is 27.7 Å². The summed E-state index contributed by atoms with van der Waals surface area (Å²) >= 11 is 0. The Morgan fingerprint density at radius 3 is 2.36 bits per heavy atom. The molecule has 1 aliphatic carbocycles. The summed E-state index contributed by atoms with van der Waals surface area (Å²) in [7, 11) is 0. The fraction of sp³-hybridized carbons (Fsp3) is 0.500. The van der Waals surface area contributed by atoms with E-state index in [1.54, 1.807) is 0 Å². The first kappa shape index (κ1) is 18.9. The van der Waals surface area contributed by atoms with E-state index in [9.17, 15) is 14.7 Å². The molecule has 28 heavy (non-hydrogen) atoms. The minimum absolute atomic E-state index is 0.0785. The molecule has 1 aromatic carbocycles. The number of halogens is 2. The van der Waals surface area contributed by atoms with Crippen LogP contribution in [0.4, 0.5) is 14.5 Å². The van der Waals surface area contributed by atoms with Crippen molar-refractivity contribution in [3.63, 3.8) is 0 Å². The summed E-state index contributed by atoms with van der Waals surface area (Å²) in [5.41, 5.74) is 3.84. The molecular formula is C20H23F2N3O3. The van der Waals surface area contributed by atoms with Crippen LogP contribution in [0.25, 0.3) is 10.9 Å². The van der Waals surface area contributed by atoms with Gasteiger partial charge in [-0.3, -0.25) is 4.79 Å². The van der Waals surface area contributed by atoms with Crippen LogP contribution < -0.4 is 16.5 Å². The zero-order valence-corrected chi connectivity index (χ0v) is 15.8. The van der Waals surface area contributed by atoms with E-state index < -0.39 is 34.3 Å². The number of nitrogens with zero attached hydrogens (tertiary/aromatic N) is 1. The van der Waals surface area contributed by atoms with Gasteiger partial charge in [0.1, 0.15) is 5.56 Å². The summed E-state index contributed by atoms with van der Waals surface area (Å²) in [4.78, 5) is 24.1. The van der Waals surface area contributed by atoms with Crippen LogP contribution in [0.5, 0.6) is 0 Å². The lowest BCUT2D eigenvalue weighted by Gasteiger charge is -2.34. The molecule has 1 saturated carbocycles. The van der Waals surface area contributed by atoms with E-state index in [0.29, 0.717) is 12.8 Å². The number of carboxylic acid groups (broad SMARTS) is 1. The lowest BCUT2D eigenvalue weighted by Crippen LogP contribution is -2.42. The highest BCUT2D eigenvalue weighted by molar-refractivity contribution is 5.98. The van der Waals surface area contributed by atoms with Gasteiger partial charge in [-0.1, -0.05) is 0 Å². The maximum atomic E-state index is 15.7. The van der Waals surface area contributed by atoms with Gasteiger partial charge in [-0.05, 0) is 45.4 Å². The third-order valence-corrected chi connectivity index (χ3v) is 5.85. The van der Waals surface area contributed by atoms with Gasteiger partial charge in [-0.2, -0.15) is 0 Å². The van der Waals surface area contributed by atoms with Gasteiger partial charge >= 0.3 is 5.97 Å². The van der Waals surface area contributed by atoms with Crippen molar-refractivity contribution in [3.05, 3.63) is 39.2 Å². The fourth-order valence-electron chi connectivity index (χ4n) is 4.54. The number of hydrogen-bond acceptors (Lipinski definition) is 4. The molecule has 1 saturated heterocycles. The Morgan fingerprint density at radius 2 is 1.82 bits per heavy atom. The summed E-state index contributed by atoms with van der Waals surface area (Å²) in [6.45, 7) is 3.92. The monoisotopic (exact) mass is 391 g/mol. The second-order valence-electron chi connectivity index (χ2n) is 8.13. The molecule has 8 heteroatoms. The van der Waals surface area contributed by atoms with Crippen LogP contribution >= 0.6 is 0 Å². The minimum atomic E-state index is -1.44. The number of benzene rings is 1. The number of nitrogen functional groups attached to an aromatic ring is 1. The van der Waals surface area contributed by atoms with Crippen molar-refractivity contribution in [1.82, 2.24) is 9.88 Å². The second kappa shape index (κ2) is 6.55. The largest absolute Gasteiger partial charge is 0.477 e. The normalized spacial score (nSPS) is 25.2. The molecule has 4 rings (SSSR count).